The lowest BCUT2D eigenvalue weighted by Crippen LogP contribution is -2.35. The van der Waals surface area contributed by atoms with Crippen molar-refractivity contribution in [2.45, 2.75) is 6.54 Å². The molecule has 0 atom stereocenters. The molecule has 0 bridgehead atoms. The summed E-state index contributed by atoms with van der Waals surface area (Å²) >= 11 is 0. The van der Waals surface area contributed by atoms with Gasteiger partial charge in [0.05, 0.1) is 33.1 Å². The van der Waals surface area contributed by atoms with Gasteiger partial charge in [-0.3, -0.25) is 9.69 Å². The molecule has 1 aliphatic heterocycles. The van der Waals surface area contributed by atoms with Crippen LogP contribution in [0.1, 0.15) is 16.1 Å². The van der Waals surface area contributed by atoms with E-state index in [0.29, 0.717) is 22.8 Å². The molecular formula is C29H30N4O4. The first-order valence-electron chi connectivity index (χ1n) is 12.2. The summed E-state index contributed by atoms with van der Waals surface area (Å²) in [7, 11) is 3.18. The number of para-hydroxylation sites is 1. The molecule has 0 saturated carbocycles. The van der Waals surface area contributed by atoms with Crippen LogP contribution in [0.15, 0.2) is 79.0 Å². The number of anilines is 1. The van der Waals surface area contributed by atoms with Crippen molar-refractivity contribution in [1.29, 1.82) is 0 Å². The summed E-state index contributed by atoms with van der Waals surface area (Å²) in [6, 6.07) is 23.2. The summed E-state index contributed by atoms with van der Waals surface area (Å²) in [5.41, 5.74) is 4.51. The maximum absolute atomic E-state index is 13.6. The van der Waals surface area contributed by atoms with Crippen molar-refractivity contribution in [3.05, 3.63) is 90.3 Å². The molecule has 1 aliphatic rings. The fourth-order valence-electron chi connectivity index (χ4n) is 4.42. The lowest BCUT2D eigenvalue weighted by atomic mass is 10.1. The van der Waals surface area contributed by atoms with E-state index >= 15 is 0 Å². The fraction of sp³-hybridized carbons (Fsp3) is 0.241. The molecule has 0 spiro atoms. The van der Waals surface area contributed by atoms with Crippen LogP contribution in [-0.4, -0.2) is 61.1 Å². The average Bonchev–Trinajstić information content (AvgIpc) is 3.40. The van der Waals surface area contributed by atoms with E-state index in [1.165, 1.54) is 0 Å². The number of aromatic nitrogens is 2. The van der Waals surface area contributed by atoms with Gasteiger partial charge < -0.3 is 19.5 Å². The van der Waals surface area contributed by atoms with E-state index in [1.54, 1.807) is 18.9 Å². The standard InChI is InChI=1S/C29H30N4O4/c1-35-26-12-11-22(18-27(26)36-2)25-20-33(24-9-4-3-5-10-24)31-28(25)29(34)30-23-8-6-7-21(17-23)19-32-13-15-37-16-14-32/h3-12,17-18,20H,13-16,19H2,1-2H3,(H,30,34). The minimum atomic E-state index is -0.289. The van der Waals surface area contributed by atoms with Crippen LogP contribution >= 0.6 is 0 Å². The summed E-state index contributed by atoms with van der Waals surface area (Å²) in [5, 5.41) is 7.73. The van der Waals surface area contributed by atoms with Gasteiger partial charge in [0, 0.05) is 37.1 Å². The highest BCUT2D eigenvalue weighted by Gasteiger charge is 2.21. The zero-order chi connectivity index (χ0) is 25.6. The van der Waals surface area contributed by atoms with E-state index in [1.807, 2.05) is 72.9 Å². The third-order valence-electron chi connectivity index (χ3n) is 6.34. The Balaban J connectivity index is 1.46. The topological polar surface area (TPSA) is 77.9 Å². The minimum Gasteiger partial charge on any atom is -0.493 e. The Kier molecular flexibility index (Phi) is 7.49. The molecule has 8 heteroatoms. The van der Waals surface area contributed by atoms with Crippen molar-refractivity contribution >= 4 is 11.6 Å². The van der Waals surface area contributed by atoms with Gasteiger partial charge in [-0.2, -0.15) is 5.10 Å². The molecule has 1 saturated heterocycles. The second-order valence-electron chi connectivity index (χ2n) is 8.78. The Morgan fingerprint density at radius 3 is 2.49 bits per heavy atom. The second kappa shape index (κ2) is 11.3. The number of carbonyl (C=O) groups is 1. The quantitative estimate of drug-likeness (QED) is 0.381. The summed E-state index contributed by atoms with van der Waals surface area (Å²) < 4.78 is 18.1. The SMILES string of the molecule is COc1ccc(-c2cn(-c3ccccc3)nc2C(=O)Nc2cccc(CN3CCOCC3)c2)cc1OC. The Labute approximate surface area is 216 Å². The van der Waals surface area contributed by atoms with Crippen molar-refractivity contribution in [2.75, 3.05) is 45.8 Å². The van der Waals surface area contributed by atoms with Crippen LogP contribution in [0.25, 0.3) is 16.8 Å². The molecule has 190 valence electrons. The van der Waals surface area contributed by atoms with Crippen molar-refractivity contribution in [1.82, 2.24) is 14.7 Å². The van der Waals surface area contributed by atoms with Gasteiger partial charge >= 0.3 is 0 Å². The maximum Gasteiger partial charge on any atom is 0.276 e. The van der Waals surface area contributed by atoms with E-state index in [4.69, 9.17) is 14.2 Å². The van der Waals surface area contributed by atoms with Crippen LogP contribution in [0.3, 0.4) is 0 Å². The number of hydrogen-bond acceptors (Lipinski definition) is 6. The van der Waals surface area contributed by atoms with Gasteiger partial charge in [0.15, 0.2) is 17.2 Å². The third-order valence-corrected chi connectivity index (χ3v) is 6.34. The Bertz CT molecular complexity index is 1360. The third kappa shape index (κ3) is 5.66. The van der Waals surface area contributed by atoms with Crippen LogP contribution in [0, 0.1) is 0 Å². The number of amides is 1. The number of benzene rings is 3. The lowest BCUT2D eigenvalue weighted by molar-refractivity contribution is 0.0342. The van der Waals surface area contributed by atoms with Gasteiger partial charge in [-0.05, 0) is 47.5 Å². The fourth-order valence-corrected chi connectivity index (χ4v) is 4.42. The number of rotatable bonds is 8. The molecule has 1 amide bonds. The molecular weight excluding hydrogens is 468 g/mol. The van der Waals surface area contributed by atoms with E-state index in [-0.39, 0.29) is 5.91 Å². The molecule has 0 radical (unpaired) electrons. The summed E-state index contributed by atoms with van der Waals surface area (Å²) in [6.07, 6.45) is 1.86. The highest BCUT2D eigenvalue weighted by Crippen LogP contribution is 2.34. The number of nitrogens with zero attached hydrogens (tertiary/aromatic N) is 3. The van der Waals surface area contributed by atoms with E-state index in [9.17, 15) is 4.79 Å². The van der Waals surface area contributed by atoms with E-state index < -0.39 is 0 Å². The van der Waals surface area contributed by atoms with Crippen LogP contribution in [-0.2, 0) is 11.3 Å². The lowest BCUT2D eigenvalue weighted by Gasteiger charge is -2.26. The monoisotopic (exact) mass is 498 g/mol. The minimum absolute atomic E-state index is 0.289. The number of hydrogen-bond donors (Lipinski definition) is 1. The number of morpholine rings is 1. The molecule has 4 aromatic rings. The van der Waals surface area contributed by atoms with Crippen molar-refractivity contribution < 1.29 is 19.0 Å². The second-order valence-corrected chi connectivity index (χ2v) is 8.78. The van der Waals surface area contributed by atoms with Gasteiger partial charge in [0.1, 0.15) is 0 Å². The first kappa shape index (κ1) is 24.5. The summed E-state index contributed by atoms with van der Waals surface area (Å²) in [4.78, 5) is 15.9. The molecule has 2 heterocycles. The maximum atomic E-state index is 13.6. The molecule has 0 unspecified atom stereocenters. The van der Waals surface area contributed by atoms with E-state index in [0.717, 1.165) is 55.3 Å². The Hall–Kier alpha value is -4.14. The molecule has 8 nitrogen and oxygen atoms in total. The number of carbonyl (C=O) groups excluding carboxylic acids is 1. The number of ether oxygens (including phenoxy) is 3. The largest absolute Gasteiger partial charge is 0.493 e. The Morgan fingerprint density at radius 2 is 1.73 bits per heavy atom. The first-order valence-corrected chi connectivity index (χ1v) is 12.2. The van der Waals surface area contributed by atoms with Crippen LogP contribution in [0.2, 0.25) is 0 Å². The normalized spacial score (nSPS) is 13.8. The van der Waals surface area contributed by atoms with Gasteiger partial charge in [-0.1, -0.05) is 36.4 Å². The van der Waals surface area contributed by atoms with Crippen LogP contribution in [0.4, 0.5) is 5.69 Å². The van der Waals surface area contributed by atoms with Gasteiger partial charge in [-0.15, -0.1) is 0 Å². The number of nitrogens with one attached hydrogen (secondary N) is 1. The molecule has 3 aromatic carbocycles. The molecule has 1 fully saturated rings. The Morgan fingerprint density at radius 1 is 0.946 bits per heavy atom. The summed E-state index contributed by atoms with van der Waals surface area (Å²) in [5.74, 6) is 0.905. The predicted octanol–water partition coefficient (Wildman–Crippen LogP) is 4.64. The molecule has 0 aliphatic carbocycles. The van der Waals surface area contributed by atoms with Crippen LogP contribution in [0.5, 0.6) is 11.5 Å². The predicted molar refractivity (Wildman–Crippen MR) is 143 cm³/mol. The first-order chi connectivity index (χ1) is 18.1. The van der Waals surface area contributed by atoms with Crippen LogP contribution < -0.4 is 14.8 Å². The van der Waals surface area contributed by atoms with Gasteiger partial charge in [0.25, 0.3) is 5.91 Å². The zero-order valence-corrected chi connectivity index (χ0v) is 21.0. The van der Waals surface area contributed by atoms with Gasteiger partial charge in [-0.25, -0.2) is 4.68 Å². The summed E-state index contributed by atoms with van der Waals surface area (Å²) in [6.45, 7) is 4.12. The average molecular weight is 499 g/mol. The molecule has 5 rings (SSSR count). The highest BCUT2D eigenvalue weighted by atomic mass is 16.5. The van der Waals surface area contributed by atoms with Gasteiger partial charge in [0.2, 0.25) is 0 Å². The zero-order valence-electron chi connectivity index (χ0n) is 21.0. The highest BCUT2D eigenvalue weighted by molar-refractivity contribution is 6.07. The smallest absolute Gasteiger partial charge is 0.276 e. The number of methoxy groups -OCH3 is 2. The van der Waals surface area contributed by atoms with Crippen molar-refractivity contribution in [2.24, 2.45) is 0 Å². The molecule has 37 heavy (non-hydrogen) atoms. The molecule has 1 N–H and O–H groups in total. The van der Waals surface area contributed by atoms with Crippen molar-refractivity contribution in [3.8, 4) is 28.3 Å². The van der Waals surface area contributed by atoms with Crippen molar-refractivity contribution in [3.63, 3.8) is 0 Å². The molecule has 1 aromatic heterocycles. The van der Waals surface area contributed by atoms with E-state index in [2.05, 4.69) is 21.4 Å².